The summed E-state index contributed by atoms with van der Waals surface area (Å²) in [5, 5.41) is 2.96. The quantitative estimate of drug-likeness (QED) is 0.707. The lowest BCUT2D eigenvalue weighted by Crippen LogP contribution is -2.54. The number of benzene rings is 1. The van der Waals surface area contributed by atoms with Crippen LogP contribution in [0.2, 0.25) is 0 Å². The van der Waals surface area contributed by atoms with Crippen LogP contribution in [0.25, 0.3) is 0 Å². The van der Waals surface area contributed by atoms with Gasteiger partial charge in [-0.15, -0.1) is 11.8 Å². The molecule has 0 saturated carbocycles. The van der Waals surface area contributed by atoms with Crippen LogP contribution in [0.4, 0.5) is 0 Å². The van der Waals surface area contributed by atoms with Gasteiger partial charge in [0.25, 0.3) is 5.91 Å². The summed E-state index contributed by atoms with van der Waals surface area (Å²) in [6.45, 7) is 8.67. The molecule has 1 heterocycles. The lowest BCUT2D eigenvalue weighted by molar-refractivity contribution is -0.133. The summed E-state index contributed by atoms with van der Waals surface area (Å²) < 4.78 is 0. The zero-order valence-electron chi connectivity index (χ0n) is 18.0. The maximum Gasteiger partial charge on any atom is 0.254 e. The van der Waals surface area contributed by atoms with E-state index in [2.05, 4.69) is 5.32 Å². The Kier molecular flexibility index (Phi) is 8.10. The van der Waals surface area contributed by atoms with Gasteiger partial charge in [0.1, 0.15) is 0 Å². The average Bonchev–Trinajstić information content (AvgIpc) is 2.66. The fourth-order valence-corrected chi connectivity index (χ4v) is 3.55. The number of thioether (sulfide) groups is 1. The minimum atomic E-state index is -0.248. The van der Waals surface area contributed by atoms with Crippen molar-refractivity contribution < 1.29 is 14.4 Å². The van der Waals surface area contributed by atoms with Gasteiger partial charge in [0.2, 0.25) is 11.8 Å². The van der Waals surface area contributed by atoms with Crippen molar-refractivity contribution in [1.29, 1.82) is 0 Å². The molecule has 8 heteroatoms. The Labute approximate surface area is 177 Å². The highest BCUT2D eigenvalue weighted by Gasteiger charge is 2.25. The molecule has 0 aromatic heterocycles. The predicted octanol–water partition coefficient (Wildman–Crippen LogP) is 1.54. The molecule has 160 valence electrons. The van der Waals surface area contributed by atoms with Crippen molar-refractivity contribution in [2.45, 2.75) is 31.2 Å². The Hall–Kier alpha value is -2.06. The van der Waals surface area contributed by atoms with Crippen LogP contribution in [0, 0.1) is 0 Å². The third-order valence-corrected chi connectivity index (χ3v) is 5.41. The molecule has 0 radical (unpaired) electrons. The Morgan fingerprint density at radius 2 is 1.66 bits per heavy atom. The molecule has 7 nitrogen and oxygen atoms in total. The zero-order chi connectivity index (χ0) is 21.6. The van der Waals surface area contributed by atoms with Crippen molar-refractivity contribution >= 4 is 29.5 Å². The van der Waals surface area contributed by atoms with Crippen LogP contribution in [-0.4, -0.2) is 90.5 Å². The summed E-state index contributed by atoms with van der Waals surface area (Å²) >= 11 is 1.62. The number of likely N-dealkylation sites (N-methyl/N-ethyl adjacent to an activating group) is 1. The first-order valence-electron chi connectivity index (χ1n) is 9.80. The molecule has 1 fully saturated rings. The monoisotopic (exact) mass is 420 g/mol. The molecule has 1 aliphatic rings. The second-order valence-electron chi connectivity index (χ2n) is 8.34. The highest BCUT2D eigenvalue weighted by atomic mass is 32.2. The summed E-state index contributed by atoms with van der Waals surface area (Å²) in [5.74, 6) is -0.237. The minimum absolute atomic E-state index is 0.00454. The SMILES string of the molecule is CSc1ccc(C(=O)N(C)CC(=O)N2CCN(CC(=O)NC(C)(C)C)CC2)cc1. The van der Waals surface area contributed by atoms with Gasteiger partial charge in [-0.25, -0.2) is 0 Å². The summed E-state index contributed by atoms with van der Waals surface area (Å²) in [7, 11) is 1.65. The molecular formula is C21H32N4O3S. The van der Waals surface area contributed by atoms with Gasteiger partial charge in [0.15, 0.2) is 0 Å². The van der Waals surface area contributed by atoms with Gasteiger partial charge < -0.3 is 15.1 Å². The molecule has 2 rings (SSSR count). The summed E-state index contributed by atoms with van der Waals surface area (Å²) in [6.07, 6.45) is 1.98. The highest BCUT2D eigenvalue weighted by Crippen LogP contribution is 2.15. The highest BCUT2D eigenvalue weighted by molar-refractivity contribution is 7.98. The lowest BCUT2D eigenvalue weighted by Gasteiger charge is -2.35. The average molecular weight is 421 g/mol. The van der Waals surface area contributed by atoms with Crippen LogP contribution >= 0.6 is 11.8 Å². The van der Waals surface area contributed by atoms with Crippen molar-refractivity contribution in [3.05, 3.63) is 29.8 Å². The second-order valence-corrected chi connectivity index (χ2v) is 9.22. The molecule has 0 bridgehead atoms. The van der Waals surface area contributed by atoms with Crippen molar-refractivity contribution in [1.82, 2.24) is 20.0 Å². The van der Waals surface area contributed by atoms with Gasteiger partial charge in [-0.05, 0) is 51.3 Å². The van der Waals surface area contributed by atoms with Gasteiger partial charge in [-0.1, -0.05) is 0 Å². The molecule has 0 spiro atoms. The van der Waals surface area contributed by atoms with Crippen molar-refractivity contribution in [3.63, 3.8) is 0 Å². The van der Waals surface area contributed by atoms with Crippen molar-refractivity contribution in [3.8, 4) is 0 Å². The first-order valence-corrected chi connectivity index (χ1v) is 11.0. The number of hydrogen-bond acceptors (Lipinski definition) is 5. The van der Waals surface area contributed by atoms with Gasteiger partial charge in [0, 0.05) is 49.2 Å². The Bertz CT molecular complexity index is 722. The van der Waals surface area contributed by atoms with Crippen LogP contribution in [0.15, 0.2) is 29.2 Å². The molecule has 1 aromatic rings. The summed E-state index contributed by atoms with van der Waals surface area (Å²) in [5.41, 5.74) is 0.328. The van der Waals surface area contributed by atoms with Crippen molar-refractivity contribution in [2.24, 2.45) is 0 Å². The molecule has 1 saturated heterocycles. The molecule has 0 unspecified atom stereocenters. The second kappa shape index (κ2) is 10.1. The van der Waals surface area contributed by atoms with Crippen LogP contribution in [0.1, 0.15) is 31.1 Å². The first kappa shape index (κ1) is 23.2. The van der Waals surface area contributed by atoms with E-state index in [-0.39, 0.29) is 29.8 Å². The number of nitrogens with one attached hydrogen (secondary N) is 1. The van der Waals surface area contributed by atoms with E-state index in [4.69, 9.17) is 0 Å². The van der Waals surface area contributed by atoms with Crippen LogP contribution < -0.4 is 5.32 Å². The fourth-order valence-electron chi connectivity index (χ4n) is 3.14. The molecule has 1 aromatic carbocycles. The lowest BCUT2D eigenvalue weighted by atomic mass is 10.1. The Morgan fingerprint density at radius 1 is 1.07 bits per heavy atom. The van der Waals surface area contributed by atoms with E-state index in [1.165, 1.54) is 4.90 Å². The predicted molar refractivity (Wildman–Crippen MR) is 116 cm³/mol. The maximum atomic E-state index is 12.6. The third kappa shape index (κ3) is 7.36. The fraction of sp³-hybridized carbons (Fsp3) is 0.571. The molecule has 0 atom stereocenters. The van der Waals surface area contributed by atoms with Gasteiger partial charge >= 0.3 is 0 Å². The molecular weight excluding hydrogens is 388 g/mol. The smallest absolute Gasteiger partial charge is 0.254 e. The van der Waals surface area contributed by atoms with Crippen molar-refractivity contribution in [2.75, 3.05) is 52.6 Å². The van der Waals surface area contributed by atoms with E-state index < -0.39 is 0 Å². The molecule has 29 heavy (non-hydrogen) atoms. The molecule has 0 aliphatic carbocycles. The van der Waals surface area contributed by atoms with Crippen LogP contribution in [0.3, 0.4) is 0 Å². The van der Waals surface area contributed by atoms with Gasteiger partial charge in [0.05, 0.1) is 13.1 Å². The van der Waals surface area contributed by atoms with E-state index in [0.29, 0.717) is 38.3 Å². The zero-order valence-corrected chi connectivity index (χ0v) is 18.8. The molecule has 3 amide bonds. The maximum absolute atomic E-state index is 12.6. The van der Waals surface area contributed by atoms with E-state index in [0.717, 1.165) is 4.90 Å². The number of amides is 3. The topological polar surface area (TPSA) is 73.0 Å². The number of carbonyl (C=O) groups excluding carboxylic acids is 3. The molecule has 1 N–H and O–H groups in total. The van der Waals surface area contributed by atoms with E-state index in [9.17, 15) is 14.4 Å². The normalized spacial score (nSPS) is 15.1. The number of hydrogen-bond donors (Lipinski definition) is 1. The number of carbonyl (C=O) groups is 3. The Balaban J connectivity index is 1.79. The standard InChI is InChI=1S/C21H32N4O3S/c1-21(2,3)22-18(26)14-24-10-12-25(13-11-24)19(27)15-23(4)20(28)16-6-8-17(29-5)9-7-16/h6-9H,10-15H2,1-5H3,(H,22,26). The molecule has 1 aliphatic heterocycles. The first-order chi connectivity index (χ1) is 13.6. The number of rotatable bonds is 6. The van der Waals surface area contributed by atoms with E-state index >= 15 is 0 Å². The van der Waals surface area contributed by atoms with E-state index in [1.807, 2.05) is 44.1 Å². The van der Waals surface area contributed by atoms with E-state index in [1.54, 1.807) is 35.8 Å². The Morgan fingerprint density at radius 3 is 2.17 bits per heavy atom. The number of piperazine rings is 1. The number of nitrogens with zero attached hydrogens (tertiary/aromatic N) is 3. The van der Waals surface area contributed by atoms with Crippen LogP contribution in [-0.2, 0) is 9.59 Å². The summed E-state index contributed by atoms with van der Waals surface area (Å²) in [4.78, 5) is 43.6. The van der Waals surface area contributed by atoms with Gasteiger partial charge in [-0.2, -0.15) is 0 Å². The largest absolute Gasteiger partial charge is 0.350 e. The van der Waals surface area contributed by atoms with Gasteiger partial charge in [-0.3, -0.25) is 19.3 Å². The third-order valence-electron chi connectivity index (χ3n) is 4.66. The van der Waals surface area contributed by atoms with Crippen LogP contribution in [0.5, 0.6) is 0 Å². The minimum Gasteiger partial charge on any atom is -0.350 e. The summed E-state index contributed by atoms with van der Waals surface area (Å²) in [6, 6.07) is 7.39.